The highest BCUT2D eigenvalue weighted by molar-refractivity contribution is 5.79. The number of morpholine rings is 1. The summed E-state index contributed by atoms with van der Waals surface area (Å²) in [5.74, 6) is 1.20. The van der Waals surface area contributed by atoms with Crippen molar-refractivity contribution in [1.82, 2.24) is 20.4 Å². The molecule has 29 heavy (non-hydrogen) atoms. The molecule has 1 aliphatic heterocycles. The van der Waals surface area contributed by atoms with Crippen LogP contribution in [0.3, 0.4) is 0 Å². The summed E-state index contributed by atoms with van der Waals surface area (Å²) in [5.41, 5.74) is -0.880. The van der Waals surface area contributed by atoms with Gasteiger partial charge in [0.1, 0.15) is 0 Å². The monoisotopic (exact) mass is 409 g/mol. The second kappa shape index (κ2) is 13.7. The Bertz CT molecular complexity index is 491. The molecule has 0 aromatic heterocycles. The van der Waals surface area contributed by atoms with Gasteiger partial charge in [0.2, 0.25) is 0 Å². The predicted molar refractivity (Wildman–Crippen MR) is 122 cm³/mol. The molecule has 0 aromatic rings. The van der Waals surface area contributed by atoms with Crippen LogP contribution in [0.2, 0.25) is 0 Å². The Labute approximate surface area is 177 Å². The van der Waals surface area contributed by atoms with E-state index < -0.39 is 5.60 Å². The largest absolute Gasteiger partial charge is 0.387 e. The molecule has 1 heterocycles. The molecule has 0 saturated carbocycles. The van der Waals surface area contributed by atoms with E-state index in [1.165, 1.54) is 0 Å². The highest BCUT2D eigenvalue weighted by Crippen LogP contribution is 2.11. The summed E-state index contributed by atoms with van der Waals surface area (Å²) in [6.45, 7) is 23.4. The van der Waals surface area contributed by atoms with E-state index in [2.05, 4.69) is 52.4 Å². The van der Waals surface area contributed by atoms with Crippen molar-refractivity contribution in [2.45, 2.75) is 39.3 Å². The highest BCUT2D eigenvalue weighted by atomic mass is 16.5. The molecule has 0 bridgehead atoms. The average Bonchev–Trinajstić information content (AvgIpc) is 2.66. The van der Waals surface area contributed by atoms with Gasteiger partial charge in [0.05, 0.1) is 25.4 Å². The van der Waals surface area contributed by atoms with Crippen molar-refractivity contribution < 1.29 is 9.84 Å². The minimum atomic E-state index is -0.880. The van der Waals surface area contributed by atoms with E-state index in [-0.39, 0.29) is 0 Å². The molecule has 1 aliphatic rings. The maximum Gasteiger partial charge on any atom is 0.191 e. The zero-order chi connectivity index (χ0) is 21.7. The van der Waals surface area contributed by atoms with Crippen LogP contribution in [0.1, 0.15) is 27.7 Å². The zero-order valence-corrected chi connectivity index (χ0v) is 19.0. The third-order valence-electron chi connectivity index (χ3n) is 5.03. The van der Waals surface area contributed by atoms with Crippen LogP contribution < -0.4 is 10.6 Å². The number of rotatable bonds is 13. The first-order valence-corrected chi connectivity index (χ1v) is 10.8. The zero-order valence-electron chi connectivity index (χ0n) is 19.0. The van der Waals surface area contributed by atoms with Crippen LogP contribution in [-0.2, 0) is 4.74 Å². The van der Waals surface area contributed by atoms with Crippen molar-refractivity contribution in [2.75, 3.05) is 65.6 Å². The van der Waals surface area contributed by atoms with E-state index in [0.29, 0.717) is 25.0 Å². The maximum absolute atomic E-state index is 10.8. The Balaban J connectivity index is 2.70. The van der Waals surface area contributed by atoms with Crippen LogP contribution in [0, 0.1) is 5.92 Å². The first-order valence-electron chi connectivity index (χ1n) is 10.8. The van der Waals surface area contributed by atoms with Crippen LogP contribution in [0.5, 0.6) is 0 Å². The molecule has 0 amide bonds. The molecule has 1 fully saturated rings. The van der Waals surface area contributed by atoms with Gasteiger partial charge in [-0.15, -0.1) is 13.2 Å². The van der Waals surface area contributed by atoms with Crippen LogP contribution in [0.4, 0.5) is 0 Å². The number of aliphatic hydroxyl groups is 1. The first kappa shape index (κ1) is 25.6. The van der Waals surface area contributed by atoms with E-state index in [9.17, 15) is 5.11 Å². The lowest BCUT2D eigenvalue weighted by Crippen LogP contribution is -2.50. The highest BCUT2D eigenvalue weighted by Gasteiger charge is 2.25. The van der Waals surface area contributed by atoms with Crippen molar-refractivity contribution >= 4 is 5.96 Å². The smallest absolute Gasteiger partial charge is 0.191 e. The second-order valence-corrected chi connectivity index (χ2v) is 8.30. The lowest BCUT2D eigenvalue weighted by molar-refractivity contribution is -0.0180. The number of guanidine groups is 1. The van der Waals surface area contributed by atoms with Gasteiger partial charge in [-0.25, -0.2) is 0 Å². The van der Waals surface area contributed by atoms with Crippen LogP contribution in [0.25, 0.3) is 0 Å². The SMILES string of the molecule is C=CCN(CC=C)C(CNC(=NCC(C)(O)CN1CCOCC1)NCC)C(C)C. The summed E-state index contributed by atoms with van der Waals surface area (Å²) in [5, 5.41) is 17.6. The maximum atomic E-state index is 10.8. The van der Waals surface area contributed by atoms with Gasteiger partial charge in [0.15, 0.2) is 5.96 Å². The Morgan fingerprint density at radius 2 is 1.86 bits per heavy atom. The Morgan fingerprint density at radius 3 is 2.38 bits per heavy atom. The first-order chi connectivity index (χ1) is 13.8. The standard InChI is InChI=1S/C22H43N5O2/c1-7-10-27(11-8-2)20(19(4)5)16-24-21(23-9-3)25-17-22(6,28)18-26-12-14-29-15-13-26/h7-8,19-20,28H,1-2,9-18H2,3-6H3,(H2,23,24,25). The number of hydrogen-bond donors (Lipinski definition) is 3. The summed E-state index contributed by atoms with van der Waals surface area (Å²) in [6, 6.07) is 0.323. The van der Waals surface area contributed by atoms with Gasteiger partial charge < -0.3 is 20.5 Å². The van der Waals surface area contributed by atoms with Crippen molar-refractivity contribution in [2.24, 2.45) is 10.9 Å². The summed E-state index contributed by atoms with van der Waals surface area (Å²) in [7, 11) is 0. The molecule has 3 N–H and O–H groups in total. The molecular weight excluding hydrogens is 366 g/mol. The lowest BCUT2D eigenvalue weighted by atomic mass is 10.0. The van der Waals surface area contributed by atoms with Gasteiger partial charge >= 0.3 is 0 Å². The molecule has 1 saturated heterocycles. The van der Waals surface area contributed by atoms with Crippen molar-refractivity contribution in [3.63, 3.8) is 0 Å². The predicted octanol–water partition coefficient (Wildman–Crippen LogP) is 1.32. The number of nitrogens with zero attached hydrogens (tertiary/aromatic N) is 3. The third-order valence-corrected chi connectivity index (χ3v) is 5.03. The molecule has 1 rings (SSSR count). The second-order valence-electron chi connectivity index (χ2n) is 8.30. The quantitative estimate of drug-likeness (QED) is 0.242. The average molecular weight is 410 g/mol. The van der Waals surface area contributed by atoms with E-state index in [4.69, 9.17) is 4.74 Å². The van der Waals surface area contributed by atoms with E-state index in [1.807, 2.05) is 26.0 Å². The molecule has 7 heteroatoms. The minimum Gasteiger partial charge on any atom is -0.387 e. The van der Waals surface area contributed by atoms with Gasteiger partial charge in [-0.1, -0.05) is 26.0 Å². The Kier molecular flexibility index (Phi) is 12.1. The lowest BCUT2D eigenvalue weighted by Gasteiger charge is -2.34. The molecule has 2 atom stereocenters. The minimum absolute atomic E-state index is 0.323. The molecule has 0 aromatic carbocycles. The molecule has 168 valence electrons. The van der Waals surface area contributed by atoms with Gasteiger partial charge in [-0.05, 0) is 19.8 Å². The summed E-state index contributed by atoms with van der Waals surface area (Å²) in [4.78, 5) is 9.25. The topological polar surface area (TPSA) is 72.4 Å². The molecule has 0 radical (unpaired) electrons. The van der Waals surface area contributed by atoms with E-state index in [0.717, 1.165) is 58.4 Å². The van der Waals surface area contributed by atoms with Gasteiger partial charge in [-0.3, -0.25) is 14.8 Å². The number of nitrogens with one attached hydrogen (secondary N) is 2. The summed E-state index contributed by atoms with van der Waals surface area (Å²) >= 11 is 0. The molecule has 2 unspecified atom stereocenters. The number of aliphatic imine (C=N–C) groups is 1. The Morgan fingerprint density at radius 1 is 1.24 bits per heavy atom. The van der Waals surface area contributed by atoms with Gasteiger partial charge in [0, 0.05) is 51.9 Å². The fourth-order valence-corrected chi connectivity index (χ4v) is 3.55. The van der Waals surface area contributed by atoms with Crippen molar-refractivity contribution in [1.29, 1.82) is 0 Å². The molecule has 0 spiro atoms. The number of β-amino-alcohol motifs (C(OH)–C–C–N with tert-alkyl or cyclic N) is 1. The van der Waals surface area contributed by atoms with E-state index in [1.54, 1.807) is 0 Å². The van der Waals surface area contributed by atoms with E-state index >= 15 is 0 Å². The van der Waals surface area contributed by atoms with Gasteiger partial charge in [0.25, 0.3) is 0 Å². The van der Waals surface area contributed by atoms with Crippen LogP contribution >= 0.6 is 0 Å². The normalized spacial score (nSPS) is 19.1. The third kappa shape index (κ3) is 10.3. The Hall–Kier alpha value is -1.41. The summed E-state index contributed by atoms with van der Waals surface area (Å²) in [6.07, 6.45) is 3.86. The number of hydrogen-bond acceptors (Lipinski definition) is 5. The fourth-order valence-electron chi connectivity index (χ4n) is 3.55. The molecule has 7 nitrogen and oxygen atoms in total. The number of ether oxygens (including phenoxy) is 1. The molecule has 0 aliphatic carbocycles. The van der Waals surface area contributed by atoms with Crippen molar-refractivity contribution in [3.05, 3.63) is 25.3 Å². The van der Waals surface area contributed by atoms with Crippen LogP contribution in [0.15, 0.2) is 30.3 Å². The molecular formula is C22H43N5O2. The van der Waals surface area contributed by atoms with Crippen molar-refractivity contribution in [3.8, 4) is 0 Å². The summed E-state index contributed by atoms with van der Waals surface area (Å²) < 4.78 is 5.38. The van der Waals surface area contributed by atoms with Crippen LogP contribution in [-0.4, -0.2) is 98.1 Å². The fraction of sp³-hybridized carbons (Fsp3) is 0.773. The van der Waals surface area contributed by atoms with Gasteiger partial charge in [-0.2, -0.15) is 0 Å².